The van der Waals surface area contributed by atoms with Gasteiger partial charge in [0.1, 0.15) is 5.82 Å². The van der Waals surface area contributed by atoms with Crippen LogP contribution in [-0.2, 0) is 17.8 Å². The molecule has 0 radical (unpaired) electrons. The minimum atomic E-state index is -0.267. The molecule has 20 heavy (non-hydrogen) atoms. The Morgan fingerprint density at radius 3 is 2.80 bits per heavy atom. The molecule has 0 saturated heterocycles. The Kier molecular flexibility index (Phi) is 5.15. The lowest BCUT2D eigenvalue weighted by Gasteiger charge is -2.16. The highest BCUT2D eigenvalue weighted by Crippen LogP contribution is 2.22. The van der Waals surface area contributed by atoms with Crippen LogP contribution in [0, 0.1) is 5.82 Å². The maximum absolute atomic E-state index is 13.0. The molecule has 2 nitrogen and oxygen atoms in total. The van der Waals surface area contributed by atoms with Crippen molar-refractivity contribution in [1.29, 1.82) is 0 Å². The van der Waals surface area contributed by atoms with Crippen LogP contribution in [0.15, 0.2) is 36.4 Å². The Morgan fingerprint density at radius 2 is 2.15 bits per heavy atom. The maximum Gasteiger partial charge on any atom is 0.222 e. The average Bonchev–Trinajstić information content (AvgIpc) is 2.81. The van der Waals surface area contributed by atoms with Crippen molar-refractivity contribution in [3.05, 3.63) is 57.0 Å². The van der Waals surface area contributed by atoms with Crippen molar-refractivity contribution >= 4 is 28.8 Å². The summed E-state index contributed by atoms with van der Waals surface area (Å²) >= 11 is 7.33. The van der Waals surface area contributed by atoms with E-state index in [1.165, 1.54) is 23.5 Å². The largest absolute Gasteiger partial charge is 0.341 e. The number of hydrogen-bond acceptors (Lipinski definition) is 2. The first-order valence-electron chi connectivity index (χ1n) is 6.27. The van der Waals surface area contributed by atoms with Gasteiger partial charge in [-0.05, 0) is 36.2 Å². The lowest BCUT2D eigenvalue weighted by atomic mass is 10.1. The average molecular weight is 312 g/mol. The molecule has 0 aliphatic rings. The molecule has 1 heterocycles. The second kappa shape index (κ2) is 6.86. The van der Waals surface area contributed by atoms with E-state index >= 15 is 0 Å². The van der Waals surface area contributed by atoms with Crippen LogP contribution in [0.2, 0.25) is 4.34 Å². The summed E-state index contributed by atoms with van der Waals surface area (Å²) in [6, 6.07) is 10.1. The summed E-state index contributed by atoms with van der Waals surface area (Å²) in [4.78, 5) is 14.7. The Balaban J connectivity index is 1.85. The van der Waals surface area contributed by atoms with Gasteiger partial charge in [0.25, 0.3) is 0 Å². The van der Waals surface area contributed by atoms with E-state index in [0.717, 1.165) is 14.8 Å². The molecular formula is C15H15ClFNOS. The highest BCUT2D eigenvalue weighted by molar-refractivity contribution is 7.16. The van der Waals surface area contributed by atoms with Crippen LogP contribution < -0.4 is 0 Å². The van der Waals surface area contributed by atoms with Crippen LogP contribution in [-0.4, -0.2) is 17.9 Å². The molecule has 0 N–H and O–H groups in total. The zero-order valence-corrected chi connectivity index (χ0v) is 12.7. The molecule has 0 atom stereocenters. The van der Waals surface area contributed by atoms with Crippen molar-refractivity contribution in [1.82, 2.24) is 4.90 Å². The summed E-state index contributed by atoms with van der Waals surface area (Å²) in [5.74, 6) is -0.227. The Labute approximate surface area is 126 Å². The highest BCUT2D eigenvalue weighted by atomic mass is 35.5. The number of carbonyl (C=O) groups excluding carboxylic acids is 1. The number of carbonyl (C=O) groups is 1. The van der Waals surface area contributed by atoms with Crippen LogP contribution in [0.25, 0.3) is 0 Å². The quantitative estimate of drug-likeness (QED) is 0.813. The topological polar surface area (TPSA) is 20.3 Å². The summed E-state index contributed by atoms with van der Waals surface area (Å²) in [6.45, 7) is 0.555. The van der Waals surface area contributed by atoms with Crippen molar-refractivity contribution in [2.75, 3.05) is 7.05 Å². The van der Waals surface area contributed by atoms with Crippen molar-refractivity contribution in [2.45, 2.75) is 19.4 Å². The van der Waals surface area contributed by atoms with Crippen LogP contribution in [0.1, 0.15) is 16.9 Å². The molecule has 0 saturated carbocycles. The van der Waals surface area contributed by atoms with Crippen molar-refractivity contribution in [3.63, 3.8) is 0 Å². The molecule has 0 aliphatic heterocycles. The smallest absolute Gasteiger partial charge is 0.222 e. The predicted molar refractivity (Wildman–Crippen MR) is 80.5 cm³/mol. The van der Waals surface area contributed by atoms with E-state index in [-0.39, 0.29) is 11.7 Å². The summed E-state index contributed by atoms with van der Waals surface area (Å²) in [5, 5.41) is 0. The summed E-state index contributed by atoms with van der Waals surface area (Å²) in [6.07, 6.45) is 0.922. The number of nitrogens with zero attached hydrogens (tertiary/aromatic N) is 1. The minimum absolute atomic E-state index is 0.0405. The SMILES string of the molecule is CN(Cc1ccc(Cl)s1)C(=O)CCc1cccc(F)c1. The van der Waals surface area contributed by atoms with Gasteiger partial charge >= 0.3 is 0 Å². The number of halogens is 2. The van der Waals surface area contributed by atoms with Crippen LogP contribution in [0.5, 0.6) is 0 Å². The van der Waals surface area contributed by atoms with E-state index in [1.807, 2.05) is 18.2 Å². The first-order valence-corrected chi connectivity index (χ1v) is 7.46. The van der Waals surface area contributed by atoms with Gasteiger partial charge in [0.2, 0.25) is 5.91 Å². The third kappa shape index (κ3) is 4.32. The Morgan fingerprint density at radius 1 is 1.35 bits per heavy atom. The molecule has 0 spiro atoms. The number of thiophene rings is 1. The van der Waals surface area contributed by atoms with E-state index in [1.54, 1.807) is 18.0 Å². The van der Waals surface area contributed by atoms with Crippen molar-refractivity contribution in [3.8, 4) is 0 Å². The fraction of sp³-hybridized carbons (Fsp3) is 0.267. The summed E-state index contributed by atoms with van der Waals surface area (Å²) < 4.78 is 13.8. The summed E-state index contributed by atoms with van der Waals surface area (Å²) in [5.41, 5.74) is 0.839. The van der Waals surface area contributed by atoms with E-state index < -0.39 is 0 Å². The third-order valence-corrected chi connectivity index (χ3v) is 4.18. The predicted octanol–water partition coefficient (Wildman–Crippen LogP) is 4.13. The van der Waals surface area contributed by atoms with Gasteiger partial charge in [-0.25, -0.2) is 4.39 Å². The first kappa shape index (κ1) is 15.0. The van der Waals surface area contributed by atoms with Crippen molar-refractivity contribution < 1.29 is 9.18 Å². The van der Waals surface area contributed by atoms with Crippen LogP contribution in [0.4, 0.5) is 4.39 Å². The summed E-state index contributed by atoms with van der Waals surface area (Å²) in [7, 11) is 1.77. The van der Waals surface area contributed by atoms with E-state index in [2.05, 4.69) is 0 Å². The van der Waals surface area contributed by atoms with Gasteiger partial charge in [-0.1, -0.05) is 23.7 Å². The molecule has 1 aromatic heterocycles. The normalized spacial score (nSPS) is 10.6. The van der Waals surface area contributed by atoms with Gasteiger partial charge in [0.15, 0.2) is 0 Å². The Bertz CT molecular complexity index is 599. The maximum atomic E-state index is 13.0. The van der Waals surface area contributed by atoms with Gasteiger partial charge < -0.3 is 4.90 Å². The molecule has 1 aromatic carbocycles. The molecule has 106 valence electrons. The first-order chi connectivity index (χ1) is 9.54. The standard InChI is InChI=1S/C15H15ClFNOS/c1-18(10-13-6-7-14(16)20-13)15(19)8-5-11-3-2-4-12(17)9-11/h2-4,6-7,9H,5,8,10H2,1H3. The monoisotopic (exact) mass is 311 g/mol. The van der Waals surface area contributed by atoms with E-state index in [4.69, 9.17) is 11.6 Å². The van der Waals surface area contributed by atoms with Gasteiger partial charge in [0, 0.05) is 18.3 Å². The molecule has 0 aliphatic carbocycles. The van der Waals surface area contributed by atoms with Gasteiger partial charge in [-0.15, -0.1) is 11.3 Å². The number of hydrogen-bond donors (Lipinski definition) is 0. The molecule has 0 fully saturated rings. The lowest BCUT2D eigenvalue weighted by Crippen LogP contribution is -2.25. The third-order valence-electron chi connectivity index (χ3n) is 2.96. The zero-order valence-electron chi connectivity index (χ0n) is 11.1. The molecular weight excluding hydrogens is 297 g/mol. The highest BCUT2D eigenvalue weighted by Gasteiger charge is 2.10. The fourth-order valence-electron chi connectivity index (χ4n) is 1.89. The molecule has 1 amide bonds. The zero-order chi connectivity index (χ0) is 14.5. The lowest BCUT2D eigenvalue weighted by molar-refractivity contribution is -0.130. The number of rotatable bonds is 5. The number of aryl methyl sites for hydroxylation is 1. The second-order valence-corrected chi connectivity index (χ2v) is 6.39. The van der Waals surface area contributed by atoms with Gasteiger partial charge in [0.05, 0.1) is 10.9 Å². The Hall–Kier alpha value is -1.39. The second-order valence-electron chi connectivity index (χ2n) is 4.59. The molecule has 0 unspecified atom stereocenters. The van der Waals surface area contributed by atoms with E-state index in [9.17, 15) is 9.18 Å². The molecule has 2 aromatic rings. The number of amides is 1. The van der Waals surface area contributed by atoms with E-state index in [0.29, 0.717) is 19.4 Å². The van der Waals surface area contributed by atoms with Gasteiger partial charge in [-0.2, -0.15) is 0 Å². The van der Waals surface area contributed by atoms with Crippen LogP contribution in [0.3, 0.4) is 0 Å². The van der Waals surface area contributed by atoms with Crippen LogP contribution >= 0.6 is 22.9 Å². The molecule has 5 heteroatoms. The molecule has 0 bridgehead atoms. The van der Waals surface area contributed by atoms with Crippen molar-refractivity contribution in [2.24, 2.45) is 0 Å². The van der Waals surface area contributed by atoms with Gasteiger partial charge in [-0.3, -0.25) is 4.79 Å². The number of benzene rings is 1. The fourth-order valence-corrected chi connectivity index (χ4v) is 3.03. The molecule has 2 rings (SSSR count). The minimum Gasteiger partial charge on any atom is -0.341 e.